The molecule has 154 valence electrons. The topological polar surface area (TPSA) is 90.2 Å². The molecule has 0 bridgehead atoms. The zero-order valence-electron chi connectivity index (χ0n) is 16.5. The third kappa shape index (κ3) is 4.05. The number of aryl methyl sites for hydroxylation is 1. The van der Waals surface area contributed by atoms with Crippen molar-refractivity contribution in [3.63, 3.8) is 0 Å². The molecule has 0 aliphatic carbocycles. The fraction of sp³-hybridized carbons (Fsp3) is 0.182. The first-order valence-corrected chi connectivity index (χ1v) is 11.0. The van der Waals surface area contributed by atoms with E-state index in [0.717, 1.165) is 16.6 Å². The standard InChI is InChI=1S/C22H22N4O3S/c1-17-11-13-20(14-12-17)30(28,29)26(18-7-3-2-4-8-18)16-19(27)15-25-22-10-6-5-9-21(22)23-24-25/h2-14,19,27H,15-16H2,1H3/p+1. The molecule has 0 saturated heterocycles. The van der Waals surface area contributed by atoms with E-state index in [-0.39, 0.29) is 18.0 Å². The quantitative estimate of drug-likeness (QED) is 0.447. The lowest BCUT2D eigenvalue weighted by Crippen LogP contribution is -2.47. The van der Waals surface area contributed by atoms with Crippen LogP contribution in [0.1, 0.15) is 5.56 Å². The molecule has 7 nitrogen and oxygen atoms in total. The summed E-state index contributed by atoms with van der Waals surface area (Å²) in [5, 5.41) is 17.9. The highest BCUT2D eigenvalue weighted by Gasteiger charge is 2.28. The number of hydrogen-bond acceptors (Lipinski definition) is 4. The first kappa shape index (κ1) is 20.1. The maximum atomic E-state index is 13.4. The number of aromatic amines is 1. The monoisotopic (exact) mass is 423 g/mol. The number of aliphatic hydroxyl groups is 1. The molecule has 8 heteroatoms. The SMILES string of the molecule is Cc1ccc(S(=O)(=O)N(CC(O)C[n+]2[nH]nc3ccccc32)c2ccccc2)cc1. The molecule has 30 heavy (non-hydrogen) atoms. The van der Waals surface area contributed by atoms with E-state index in [1.54, 1.807) is 53.2 Å². The minimum atomic E-state index is -3.85. The lowest BCUT2D eigenvalue weighted by atomic mass is 10.2. The van der Waals surface area contributed by atoms with Crippen LogP contribution in [0.4, 0.5) is 5.69 Å². The molecule has 2 N–H and O–H groups in total. The molecule has 1 atom stereocenters. The van der Waals surface area contributed by atoms with Gasteiger partial charge in [0.25, 0.3) is 10.0 Å². The van der Waals surface area contributed by atoms with Crippen molar-refractivity contribution in [2.75, 3.05) is 10.8 Å². The molecule has 0 aliphatic heterocycles. The van der Waals surface area contributed by atoms with Gasteiger partial charge in [-0.1, -0.05) is 53.2 Å². The van der Waals surface area contributed by atoms with Crippen LogP contribution < -0.4 is 8.99 Å². The summed E-state index contributed by atoms with van der Waals surface area (Å²) in [5.41, 5.74) is 3.08. The predicted molar refractivity (Wildman–Crippen MR) is 114 cm³/mol. The number of hydrogen-bond donors (Lipinski definition) is 2. The molecule has 0 fully saturated rings. The van der Waals surface area contributed by atoms with E-state index in [4.69, 9.17) is 0 Å². The molecule has 0 aliphatic rings. The zero-order chi connectivity index (χ0) is 21.1. The summed E-state index contributed by atoms with van der Waals surface area (Å²) in [6.45, 7) is 1.98. The van der Waals surface area contributed by atoms with Crippen molar-refractivity contribution >= 4 is 26.7 Å². The maximum Gasteiger partial charge on any atom is 0.264 e. The molecule has 1 unspecified atom stereocenters. The number of aliphatic hydroxyl groups excluding tert-OH is 1. The van der Waals surface area contributed by atoms with Gasteiger partial charge in [-0.15, -0.1) is 0 Å². The Kier molecular flexibility index (Phi) is 5.52. The van der Waals surface area contributed by atoms with Crippen molar-refractivity contribution < 1.29 is 18.2 Å². The van der Waals surface area contributed by atoms with Gasteiger partial charge in [0.05, 0.1) is 17.1 Å². The lowest BCUT2D eigenvalue weighted by Gasteiger charge is -2.26. The van der Waals surface area contributed by atoms with Gasteiger partial charge in [0.1, 0.15) is 12.6 Å². The van der Waals surface area contributed by atoms with Crippen LogP contribution in [0, 0.1) is 6.92 Å². The fourth-order valence-electron chi connectivity index (χ4n) is 3.33. The number of nitrogens with one attached hydrogen (secondary N) is 1. The normalized spacial score (nSPS) is 12.7. The van der Waals surface area contributed by atoms with Crippen LogP contribution >= 0.6 is 0 Å². The summed E-state index contributed by atoms with van der Waals surface area (Å²) >= 11 is 0. The van der Waals surface area contributed by atoms with E-state index in [0.29, 0.717) is 5.69 Å². The van der Waals surface area contributed by atoms with Crippen molar-refractivity contribution in [2.24, 2.45) is 0 Å². The summed E-state index contributed by atoms with van der Waals surface area (Å²) in [6.07, 6.45) is -0.959. The zero-order valence-corrected chi connectivity index (χ0v) is 17.3. The second-order valence-corrected chi connectivity index (χ2v) is 9.01. The largest absolute Gasteiger partial charge is 0.387 e. The van der Waals surface area contributed by atoms with E-state index in [9.17, 15) is 13.5 Å². The van der Waals surface area contributed by atoms with Gasteiger partial charge in [-0.3, -0.25) is 4.31 Å². The van der Waals surface area contributed by atoms with Crippen LogP contribution in [0.25, 0.3) is 11.0 Å². The third-order valence-electron chi connectivity index (χ3n) is 4.89. The molecule has 1 aromatic heterocycles. The Morgan fingerprint density at radius 3 is 2.40 bits per heavy atom. The van der Waals surface area contributed by atoms with E-state index in [1.165, 1.54) is 4.31 Å². The molecule has 4 rings (SSSR count). The Hall–Kier alpha value is -3.23. The molecule has 0 saturated carbocycles. The Balaban J connectivity index is 1.64. The number of sulfonamides is 1. The summed E-state index contributed by atoms with van der Waals surface area (Å²) in [6, 6.07) is 23.0. The first-order valence-electron chi connectivity index (χ1n) is 9.60. The molecule has 1 heterocycles. The molecule has 3 aromatic carbocycles. The maximum absolute atomic E-state index is 13.4. The molecular formula is C22H23N4O3S+. The van der Waals surface area contributed by atoms with Gasteiger partial charge in [-0.2, -0.15) is 4.68 Å². The number of H-pyrrole nitrogens is 1. The van der Waals surface area contributed by atoms with Crippen molar-refractivity contribution in [1.29, 1.82) is 0 Å². The second kappa shape index (κ2) is 8.25. The van der Waals surface area contributed by atoms with Gasteiger partial charge in [-0.05, 0) is 43.3 Å². The van der Waals surface area contributed by atoms with Crippen LogP contribution in [0.2, 0.25) is 0 Å². The number of nitrogens with zero attached hydrogens (tertiary/aromatic N) is 3. The first-order chi connectivity index (χ1) is 14.4. The van der Waals surface area contributed by atoms with Gasteiger partial charge in [-0.25, -0.2) is 8.42 Å². The van der Waals surface area contributed by atoms with Gasteiger partial charge >= 0.3 is 0 Å². The van der Waals surface area contributed by atoms with Crippen molar-refractivity contribution in [3.8, 4) is 0 Å². The summed E-state index contributed by atoms with van der Waals surface area (Å²) in [7, 11) is -3.85. The van der Waals surface area contributed by atoms with Crippen LogP contribution in [0.15, 0.2) is 83.8 Å². The minimum absolute atomic E-state index is 0.0967. The molecule has 0 radical (unpaired) electrons. The highest BCUT2D eigenvalue weighted by atomic mass is 32.2. The average molecular weight is 424 g/mol. The van der Waals surface area contributed by atoms with Gasteiger partial charge in [0, 0.05) is 5.10 Å². The van der Waals surface area contributed by atoms with Gasteiger partial charge < -0.3 is 5.11 Å². The summed E-state index contributed by atoms with van der Waals surface area (Å²) in [5.74, 6) is 0. The average Bonchev–Trinajstić information content (AvgIpc) is 3.16. The Morgan fingerprint density at radius 2 is 1.67 bits per heavy atom. The molecule has 0 spiro atoms. The Bertz CT molecular complexity index is 1240. The Labute approximate surface area is 175 Å². The fourth-order valence-corrected chi connectivity index (χ4v) is 4.83. The van der Waals surface area contributed by atoms with Gasteiger partial charge in [0.15, 0.2) is 0 Å². The summed E-state index contributed by atoms with van der Waals surface area (Å²) in [4.78, 5) is 0.184. The lowest BCUT2D eigenvalue weighted by molar-refractivity contribution is -0.736. The highest BCUT2D eigenvalue weighted by molar-refractivity contribution is 7.92. The number of anilines is 1. The van der Waals surface area contributed by atoms with Crippen molar-refractivity contribution in [2.45, 2.75) is 24.5 Å². The van der Waals surface area contributed by atoms with E-state index in [2.05, 4.69) is 10.3 Å². The predicted octanol–water partition coefficient (Wildman–Crippen LogP) is 2.42. The van der Waals surface area contributed by atoms with Crippen molar-refractivity contribution in [3.05, 3.63) is 84.4 Å². The van der Waals surface area contributed by atoms with Crippen LogP contribution in [0.5, 0.6) is 0 Å². The molecule has 0 amide bonds. The van der Waals surface area contributed by atoms with Gasteiger partial charge in [0.2, 0.25) is 11.0 Å². The van der Waals surface area contributed by atoms with Crippen LogP contribution in [-0.4, -0.2) is 36.5 Å². The Morgan fingerprint density at radius 1 is 1.00 bits per heavy atom. The van der Waals surface area contributed by atoms with Crippen LogP contribution in [-0.2, 0) is 16.6 Å². The number of para-hydroxylation sites is 3. The molecular weight excluding hydrogens is 400 g/mol. The second-order valence-electron chi connectivity index (χ2n) is 7.15. The molecule has 4 aromatic rings. The van der Waals surface area contributed by atoms with E-state index in [1.807, 2.05) is 37.3 Å². The van der Waals surface area contributed by atoms with E-state index >= 15 is 0 Å². The highest BCUT2D eigenvalue weighted by Crippen LogP contribution is 2.24. The minimum Gasteiger partial charge on any atom is -0.387 e. The number of aromatic nitrogens is 3. The third-order valence-corrected chi connectivity index (χ3v) is 6.69. The summed E-state index contributed by atoms with van der Waals surface area (Å²) < 4.78 is 29.7. The number of benzene rings is 3. The number of fused-ring (bicyclic) bond motifs is 1. The van der Waals surface area contributed by atoms with E-state index < -0.39 is 16.1 Å². The van der Waals surface area contributed by atoms with Crippen LogP contribution in [0.3, 0.4) is 0 Å². The smallest absolute Gasteiger partial charge is 0.264 e. The number of rotatable bonds is 7. The van der Waals surface area contributed by atoms with Crippen molar-refractivity contribution in [1.82, 2.24) is 10.3 Å².